The lowest BCUT2D eigenvalue weighted by Crippen LogP contribution is -2.65. The molecular weight excluding hydrogens is 695 g/mol. The van der Waals surface area contributed by atoms with Gasteiger partial charge < -0.3 is 19.3 Å². The van der Waals surface area contributed by atoms with E-state index in [4.69, 9.17) is 19.4 Å². The second-order valence-electron chi connectivity index (χ2n) is 17.2. The van der Waals surface area contributed by atoms with Gasteiger partial charge in [0.15, 0.2) is 12.4 Å². The van der Waals surface area contributed by atoms with Gasteiger partial charge in [-0.25, -0.2) is 0 Å². The highest BCUT2D eigenvalue weighted by atomic mass is 19.4. The average molecular weight is 742 g/mol. The molecule has 2 spiro atoms. The number of halogens is 3. The Hall–Kier alpha value is -4.39. The lowest BCUT2D eigenvalue weighted by atomic mass is 9.62. The molecule has 0 radical (unpaired) electrons. The molecule has 0 atom stereocenters. The number of likely N-dealkylation sites (tertiary alicyclic amines) is 2. The van der Waals surface area contributed by atoms with E-state index in [-0.39, 0.29) is 35.1 Å². The van der Waals surface area contributed by atoms with Crippen LogP contribution in [0.25, 0.3) is 32.9 Å². The van der Waals surface area contributed by atoms with Gasteiger partial charge in [-0.15, -0.1) is 0 Å². The number of ether oxygens (including phenoxy) is 2. The number of aromatic nitrogens is 4. The molecule has 6 aliphatic rings. The Morgan fingerprint density at radius 3 is 2.43 bits per heavy atom. The normalized spacial score (nSPS) is 24.6. The topological polar surface area (TPSA) is 99.7 Å². The maximum absolute atomic E-state index is 14.1. The van der Waals surface area contributed by atoms with Gasteiger partial charge in [-0.05, 0) is 91.7 Å². The summed E-state index contributed by atoms with van der Waals surface area (Å²) in [5.74, 6) is 0.902. The largest absolute Gasteiger partial charge is 0.481 e. The number of fused-ring (bicyclic) bond motifs is 2. The highest BCUT2D eigenvalue weighted by Crippen LogP contribution is 2.54. The zero-order chi connectivity index (χ0) is 37.0. The van der Waals surface area contributed by atoms with Crippen LogP contribution in [0, 0.1) is 17.8 Å². The molecule has 10 rings (SSSR count). The van der Waals surface area contributed by atoms with Crippen LogP contribution >= 0.6 is 0 Å². The molecule has 4 aromatic rings. The van der Waals surface area contributed by atoms with Crippen LogP contribution in [0.15, 0.2) is 37.1 Å². The minimum absolute atomic E-state index is 0.0430. The number of hydrogen-bond acceptors (Lipinski definition) is 8. The van der Waals surface area contributed by atoms with Gasteiger partial charge in [0.05, 0.1) is 11.7 Å². The van der Waals surface area contributed by atoms with Gasteiger partial charge in [-0.1, -0.05) is 19.1 Å². The van der Waals surface area contributed by atoms with Gasteiger partial charge in [-0.3, -0.25) is 14.8 Å². The third kappa shape index (κ3) is 5.79. The van der Waals surface area contributed by atoms with E-state index in [0.717, 1.165) is 66.1 Å². The van der Waals surface area contributed by atoms with E-state index in [1.165, 1.54) is 38.4 Å². The Balaban J connectivity index is 1.06. The fraction of sp³-hybridized carbons (Fsp3) is 0.561. The molecule has 0 bridgehead atoms. The number of rotatable bonds is 9. The van der Waals surface area contributed by atoms with Crippen molar-refractivity contribution >= 4 is 33.5 Å². The number of aromatic amines is 1. The Kier molecular flexibility index (Phi) is 7.78. The lowest BCUT2D eigenvalue weighted by Gasteiger charge is -2.60. The standard InChI is InChI=1S/C41H46F3N7O3/c1-3-32(52)51-21-40(22-51)11-13-49(14-12-40)37-29-17-28(25-6-7-25)34(33-24(2)5-8-31-30(33)18-45-48-31)36(53-23-41(42,43)44)35(29)46-38(47-37)54-27-15-26(16-27)50-19-39(20-50)9-4-10-39/h3,5,8,17-18,25-27H,1,4,6-7,9-16,19-23H2,2H3,(H,45,48)/t26-,27+. The van der Waals surface area contributed by atoms with E-state index < -0.39 is 12.8 Å². The van der Waals surface area contributed by atoms with Gasteiger partial charge in [0.25, 0.3) is 0 Å². The fourth-order valence-corrected chi connectivity index (χ4v) is 9.95. The van der Waals surface area contributed by atoms with Gasteiger partial charge in [0, 0.05) is 79.9 Å². The van der Waals surface area contributed by atoms with Crippen molar-refractivity contribution in [3.63, 3.8) is 0 Å². The number of alkyl halides is 3. The maximum Gasteiger partial charge on any atom is 0.422 e. The summed E-state index contributed by atoms with van der Waals surface area (Å²) in [5.41, 5.74) is 5.02. The van der Waals surface area contributed by atoms with Gasteiger partial charge in [0.1, 0.15) is 17.4 Å². The molecule has 13 heteroatoms. The molecule has 1 amide bonds. The zero-order valence-corrected chi connectivity index (χ0v) is 30.7. The predicted octanol–water partition coefficient (Wildman–Crippen LogP) is 7.31. The van der Waals surface area contributed by atoms with E-state index in [9.17, 15) is 18.0 Å². The van der Waals surface area contributed by atoms with Crippen LogP contribution in [0.4, 0.5) is 19.0 Å². The maximum atomic E-state index is 14.1. The molecule has 3 saturated carbocycles. The molecular formula is C41H46F3N7O3. The molecule has 5 heterocycles. The monoisotopic (exact) mass is 741 g/mol. The summed E-state index contributed by atoms with van der Waals surface area (Å²) >= 11 is 0. The SMILES string of the molecule is C=CC(=O)N1CC2(CCN(c3nc(O[C@H]4C[C@@H](N5CC6(CCC6)C5)C4)nc4c(OCC(F)(F)F)c(-c5c(C)ccc6[nH]ncc56)c(C5CC5)cc34)CC2)C1. The molecule has 1 N–H and O–H groups in total. The lowest BCUT2D eigenvalue weighted by molar-refractivity contribution is -0.153. The van der Waals surface area contributed by atoms with Crippen molar-refractivity contribution in [3.8, 4) is 22.9 Å². The Labute approximate surface area is 312 Å². The first-order valence-corrected chi connectivity index (χ1v) is 19.6. The highest BCUT2D eigenvalue weighted by Gasteiger charge is 2.52. The third-order valence-electron chi connectivity index (χ3n) is 13.4. The molecule has 3 aliphatic heterocycles. The number of H-pyrrole nitrogens is 1. The van der Waals surface area contributed by atoms with Crippen molar-refractivity contribution in [2.75, 3.05) is 50.8 Å². The molecule has 3 saturated heterocycles. The van der Waals surface area contributed by atoms with E-state index >= 15 is 0 Å². The van der Waals surface area contributed by atoms with Crippen LogP contribution < -0.4 is 14.4 Å². The Morgan fingerprint density at radius 2 is 1.76 bits per heavy atom. The minimum Gasteiger partial charge on any atom is -0.481 e. The molecule has 2 aromatic carbocycles. The quantitative estimate of drug-likeness (QED) is 0.179. The van der Waals surface area contributed by atoms with Gasteiger partial charge in [0.2, 0.25) is 5.91 Å². The minimum atomic E-state index is -4.56. The first-order chi connectivity index (χ1) is 26.0. The first-order valence-electron chi connectivity index (χ1n) is 19.6. The predicted molar refractivity (Wildman–Crippen MR) is 199 cm³/mol. The van der Waals surface area contributed by atoms with Gasteiger partial charge >= 0.3 is 12.2 Å². The van der Waals surface area contributed by atoms with Crippen molar-refractivity contribution in [2.24, 2.45) is 10.8 Å². The highest BCUT2D eigenvalue weighted by molar-refractivity contribution is 6.06. The van der Waals surface area contributed by atoms with Crippen molar-refractivity contribution in [3.05, 3.63) is 48.2 Å². The van der Waals surface area contributed by atoms with Crippen LogP contribution in [0.1, 0.15) is 74.8 Å². The number of benzene rings is 2. The average Bonchev–Trinajstić information content (AvgIpc) is 3.82. The second-order valence-corrected chi connectivity index (χ2v) is 17.2. The third-order valence-corrected chi connectivity index (χ3v) is 13.4. The van der Waals surface area contributed by atoms with E-state index in [0.29, 0.717) is 59.9 Å². The second kappa shape index (κ2) is 12.3. The van der Waals surface area contributed by atoms with Gasteiger partial charge in [-0.2, -0.15) is 28.2 Å². The molecule has 6 fully saturated rings. The van der Waals surface area contributed by atoms with E-state index in [2.05, 4.69) is 32.6 Å². The van der Waals surface area contributed by atoms with E-state index in [1.54, 1.807) is 6.20 Å². The van der Waals surface area contributed by atoms with Crippen LogP contribution in [-0.2, 0) is 4.79 Å². The number of anilines is 1. The Morgan fingerprint density at radius 1 is 1.02 bits per heavy atom. The fourth-order valence-electron chi connectivity index (χ4n) is 9.95. The molecule has 3 aliphatic carbocycles. The molecule has 54 heavy (non-hydrogen) atoms. The van der Waals surface area contributed by atoms with Crippen molar-refractivity contribution in [2.45, 2.75) is 89.0 Å². The van der Waals surface area contributed by atoms with Crippen molar-refractivity contribution in [1.82, 2.24) is 30.0 Å². The Bertz CT molecular complexity index is 2150. The first kappa shape index (κ1) is 34.1. The number of nitrogens with one attached hydrogen (secondary N) is 1. The molecule has 284 valence electrons. The summed E-state index contributed by atoms with van der Waals surface area (Å²) in [4.78, 5) is 28.9. The zero-order valence-electron chi connectivity index (χ0n) is 30.7. The summed E-state index contributed by atoms with van der Waals surface area (Å²) in [6.07, 6.45) is 7.84. The number of nitrogens with zero attached hydrogens (tertiary/aromatic N) is 6. The summed E-state index contributed by atoms with van der Waals surface area (Å²) in [7, 11) is 0. The van der Waals surface area contributed by atoms with Crippen molar-refractivity contribution in [1.29, 1.82) is 0 Å². The molecule has 10 nitrogen and oxygen atoms in total. The number of carbonyl (C=O) groups excluding carboxylic acids is 1. The molecule has 0 unspecified atom stereocenters. The summed E-state index contributed by atoms with van der Waals surface area (Å²) in [5, 5.41) is 8.82. The van der Waals surface area contributed by atoms with Crippen LogP contribution in [0.2, 0.25) is 0 Å². The summed E-state index contributed by atoms with van der Waals surface area (Å²) in [6.45, 7) is 9.30. The number of hydrogen-bond donors (Lipinski definition) is 1. The van der Waals surface area contributed by atoms with Crippen LogP contribution in [0.5, 0.6) is 11.8 Å². The number of amides is 1. The van der Waals surface area contributed by atoms with Crippen LogP contribution in [0.3, 0.4) is 0 Å². The number of carbonyl (C=O) groups is 1. The summed E-state index contributed by atoms with van der Waals surface area (Å²) < 4.78 is 54.8. The molecule has 2 aromatic heterocycles. The smallest absolute Gasteiger partial charge is 0.422 e. The van der Waals surface area contributed by atoms with E-state index in [1.807, 2.05) is 24.0 Å². The number of piperidine rings is 1. The van der Waals surface area contributed by atoms with Crippen molar-refractivity contribution < 1.29 is 27.4 Å². The number of aryl methyl sites for hydroxylation is 1. The summed E-state index contributed by atoms with van der Waals surface area (Å²) in [6, 6.07) is 6.67. The van der Waals surface area contributed by atoms with Crippen LogP contribution in [-0.4, -0.2) is 100 Å².